The van der Waals surface area contributed by atoms with Crippen LogP contribution in [0, 0.1) is 0 Å². The molecule has 59 heavy (non-hydrogen) atoms. The van der Waals surface area contributed by atoms with Crippen LogP contribution in [0.25, 0.3) is 0 Å². The molecule has 0 fully saturated rings. The van der Waals surface area contributed by atoms with Crippen LogP contribution in [0.15, 0.2) is 60.7 Å². The summed E-state index contributed by atoms with van der Waals surface area (Å²) >= 11 is 0. The van der Waals surface area contributed by atoms with Gasteiger partial charge in [-0.05, 0) is 88.2 Å². The van der Waals surface area contributed by atoms with Crippen LogP contribution in [0.4, 0.5) is 0 Å². The van der Waals surface area contributed by atoms with Crippen LogP contribution in [0.1, 0.15) is 205 Å². The zero-order valence-corrected chi connectivity index (χ0v) is 41.8. The van der Waals surface area contributed by atoms with Gasteiger partial charge in [0.15, 0.2) is 0 Å². The van der Waals surface area contributed by atoms with Gasteiger partial charge < -0.3 is 39.5 Å². The van der Waals surface area contributed by atoms with Crippen molar-refractivity contribution in [2.24, 2.45) is 0 Å². The number of hydrogen-bond acceptors (Lipinski definition) is 8. The molecule has 2 aromatic rings. The van der Waals surface area contributed by atoms with E-state index in [9.17, 15) is 30.0 Å². The van der Waals surface area contributed by atoms with Gasteiger partial charge in [-0.2, -0.15) is 0 Å². The van der Waals surface area contributed by atoms with Crippen LogP contribution >= 0.6 is 0 Å². The molecule has 2 N–H and O–H groups in total. The van der Waals surface area contributed by atoms with Crippen molar-refractivity contribution < 1.29 is 39.5 Å². The zero-order chi connectivity index (χ0) is 42.3. The summed E-state index contributed by atoms with van der Waals surface area (Å²) in [6.07, 6.45) is 27.6. The molecular formula is C50H82BaO8. The molecule has 0 bridgehead atoms. The topological polar surface area (TPSA) is 139 Å². The van der Waals surface area contributed by atoms with Crippen LogP contribution in [0.3, 0.4) is 0 Å². The maximum Gasteiger partial charge on any atom is 2.00 e. The van der Waals surface area contributed by atoms with E-state index in [1.807, 2.05) is 36.4 Å². The Kier molecular flexibility index (Phi) is 41.2. The molecule has 0 aliphatic carbocycles. The zero-order valence-electron chi connectivity index (χ0n) is 37.3. The molecule has 4 atom stereocenters. The van der Waals surface area contributed by atoms with Gasteiger partial charge in [0.1, 0.15) is 0 Å². The molecule has 0 heterocycles. The molecule has 4 unspecified atom stereocenters. The maximum atomic E-state index is 10.3. The number of benzene rings is 2. The Morgan fingerprint density at radius 1 is 0.458 bits per heavy atom. The van der Waals surface area contributed by atoms with E-state index in [0.717, 1.165) is 103 Å². The van der Waals surface area contributed by atoms with E-state index in [2.05, 4.69) is 38.1 Å². The molecule has 2 rings (SSSR count). The summed E-state index contributed by atoms with van der Waals surface area (Å²) < 4.78 is 12.0. The van der Waals surface area contributed by atoms with Gasteiger partial charge in [-0.15, -0.1) is 0 Å². The molecular weight excluding hydrogens is 866 g/mol. The predicted octanol–water partition coefficient (Wildman–Crippen LogP) is 9.95. The van der Waals surface area contributed by atoms with E-state index in [0.29, 0.717) is 13.2 Å². The first-order chi connectivity index (χ1) is 28.2. The van der Waals surface area contributed by atoms with Crippen molar-refractivity contribution in [3.63, 3.8) is 0 Å². The van der Waals surface area contributed by atoms with E-state index < -0.39 is 11.9 Å². The molecule has 0 saturated carbocycles. The van der Waals surface area contributed by atoms with Crippen LogP contribution in [0.5, 0.6) is 0 Å². The second-order valence-corrected chi connectivity index (χ2v) is 16.3. The molecule has 0 aliphatic heterocycles. The van der Waals surface area contributed by atoms with Crippen molar-refractivity contribution in [1.82, 2.24) is 0 Å². The molecule has 8 nitrogen and oxygen atoms in total. The van der Waals surface area contributed by atoms with Gasteiger partial charge in [0.2, 0.25) is 0 Å². The number of carbonyl (C=O) groups is 2. The van der Waals surface area contributed by atoms with E-state index in [1.165, 1.54) is 75.3 Å². The number of carboxylic acid groups (broad SMARTS) is 2. The normalized spacial score (nSPS) is 13.1. The summed E-state index contributed by atoms with van der Waals surface area (Å²) in [4.78, 5) is 20.6. The second-order valence-electron chi connectivity index (χ2n) is 16.3. The average Bonchev–Trinajstić information content (AvgIpc) is 3.22. The summed E-state index contributed by atoms with van der Waals surface area (Å²) in [6.45, 7) is 5.58. The number of ether oxygens (including phenoxy) is 2. The fourth-order valence-electron chi connectivity index (χ4n) is 7.21. The monoisotopic (exact) mass is 949 g/mol. The molecule has 332 valence electrons. The first-order valence-electron chi connectivity index (χ1n) is 23.3. The predicted molar refractivity (Wildman–Crippen MR) is 238 cm³/mol. The van der Waals surface area contributed by atoms with Crippen molar-refractivity contribution in [3.8, 4) is 0 Å². The third kappa shape index (κ3) is 38.2. The SMILES string of the molecule is CCC(CCC(O)CCCCCCCCCCCC(=O)[O-])OCc1ccccc1.CCC(CCC(O)CCCCCCCCCCCC(=O)[O-])OCc1ccccc1.[Ba+2]. The van der Waals surface area contributed by atoms with Crippen LogP contribution in [-0.2, 0) is 32.3 Å². The van der Waals surface area contributed by atoms with Gasteiger partial charge in [-0.3, -0.25) is 0 Å². The quantitative estimate of drug-likeness (QED) is 0.0501. The summed E-state index contributed by atoms with van der Waals surface area (Å²) in [5.41, 5.74) is 2.40. The van der Waals surface area contributed by atoms with Crippen molar-refractivity contribution >= 4 is 60.8 Å². The molecule has 2 aromatic carbocycles. The third-order valence-corrected chi connectivity index (χ3v) is 11.0. The summed E-state index contributed by atoms with van der Waals surface area (Å²) in [6, 6.07) is 20.5. The van der Waals surface area contributed by atoms with Gasteiger partial charge in [0.05, 0.1) is 37.6 Å². The third-order valence-electron chi connectivity index (χ3n) is 11.0. The summed E-state index contributed by atoms with van der Waals surface area (Å²) in [5.74, 6) is -1.87. The number of unbranched alkanes of at least 4 members (excludes halogenated alkanes) is 16. The molecule has 0 radical (unpaired) electrons. The molecule has 0 amide bonds. The Morgan fingerprint density at radius 3 is 1.03 bits per heavy atom. The smallest absolute Gasteiger partial charge is 0.550 e. The Balaban J connectivity index is 0.00000112. The van der Waals surface area contributed by atoms with Gasteiger partial charge in [0, 0.05) is 11.9 Å². The van der Waals surface area contributed by atoms with E-state index in [1.54, 1.807) is 0 Å². The minimum absolute atomic E-state index is 0. The van der Waals surface area contributed by atoms with Gasteiger partial charge in [-0.1, -0.05) is 177 Å². The second kappa shape index (κ2) is 42.1. The van der Waals surface area contributed by atoms with Crippen LogP contribution in [-0.4, -0.2) is 95.4 Å². The largest absolute Gasteiger partial charge is 2.00 e. The molecule has 0 aromatic heterocycles. The fourth-order valence-corrected chi connectivity index (χ4v) is 7.21. The molecule has 0 spiro atoms. The Bertz CT molecular complexity index is 1110. The average molecular weight is 949 g/mol. The van der Waals surface area contributed by atoms with E-state index in [-0.39, 0.29) is 86.1 Å². The van der Waals surface area contributed by atoms with E-state index >= 15 is 0 Å². The Hall–Kier alpha value is -1.21. The number of carbonyl (C=O) groups excluding carboxylic acids is 2. The number of aliphatic hydroxyl groups excluding tert-OH is 2. The summed E-state index contributed by atoms with van der Waals surface area (Å²) in [5, 5.41) is 41.1. The number of aliphatic hydroxyl groups is 2. The first kappa shape index (κ1) is 57.8. The number of rotatable bonds is 38. The van der Waals surface area contributed by atoms with Gasteiger partial charge in [0.25, 0.3) is 0 Å². The van der Waals surface area contributed by atoms with Crippen molar-refractivity contribution in [2.75, 3.05) is 0 Å². The van der Waals surface area contributed by atoms with Gasteiger partial charge >= 0.3 is 48.9 Å². The Labute approximate surface area is 400 Å². The van der Waals surface area contributed by atoms with Crippen LogP contribution in [0.2, 0.25) is 0 Å². The fraction of sp³-hybridized carbons (Fsp3) is 0.720. The Morgan fingerprint density at radius 2 is 0.746 bits per heavy atom. The maximum absolute atomic E-state index is 10.3. The molecule has 9 heteroatoms. The number of carboxylic acids is 2. The number of hydrogen-bond donors (Lipinski definition) is 2. The summed E-state index contributed by atoms with van der Waals surface area (Å²) in [7, 11) is 0. The van der Waals surface area contributed by atoms with E-state index in [4.69, 9.17) is 9.47 Å². The van der Waals surface area contributed by atoms with Crippen LogP contribution < -0.4 is 10.2 Å². The van der Waals surface area contributed by atoms with Crippen molar-refractivity contribution in [1.29, 1.82) is 0 Å². The van der Waals surface area contributed by atoms with Crippen molar-refractivity contribution in [2.45, 2.75) is 231 Å². The van der Waals surface area contributed by atoms with Crippen molar-refractivity contribution in [3.05, 3.63) is 71.8 Å². The molecule has 0 aliphatic rings. The molecule has 0 saturated heterocycles. The minimum atomic E-state index is -0.933. The first-order valence-corrected chi connectivity index (χ1v) is 23.3. The minimum Gasteiger partial charge on any atom is -0.550 e. The standard InChI is InChI=1S/2C25H42O4.Ba/c2*1-2-24(29-21-22-15-11-10-12-16-22)20-19-23(26)17-13-8-6-4-3-5-7-9-14-18-25(27)28;/h2*10-12,15-16,23-24,26H,2-9,13-14,17-21H2,1H3,(H,27,28);/q;;+2/p-2. The van der Waals surface area contributed by atoms with Gasteiger partial charge in [-0.25, -0.2) is 0 Å². The number of aliphatic carboxylic acids is 2.